The summed E-state index contributed by atoms with van der Waals surface area (Å²) in [5.74, 6) is 0.135. The average molecular weight is 380 g/mol. The largest absolute Gasteiger partial charge is 0.341 e. The van der Waals surface area contributed by atoms with Gasteiger partial charge in [0, 0.05) is 62.9 Å². The van der Waals surface area contributed by atoms with Crippen molar-refractivity contribution in [2.75, 3.05) is 26.2 Å². The fraction of sp³-hybridized carbons (Fsp3) is 0.400. The van der Waals surface area contributed by atoms with Crippen molar-refractivity contribution in [1.82, 2.24) is 29.4 Å². The normalized spacial score (nSPS) is 15.7. The summed E-state index contributed by atoms with van der Waals surface area (Å²) in [6.45, 7) is 5.60. The number of rotatable bonds is 4. The summed E-state index contributed by atoms with van der Waals surface area (Å²) in [6.07, 6.45) is 4.74. The third-order valence-electron chi connectivity index (χ3n) is 5.04. The quantitative estimate of drug-likeness (QED) is 0.730. The molecule has 146 valence electrons. The molecular formula is C20H24N6O2. The topological polar surface area (TPSA) is 86.6 Å². The lowest BCUT2D eigenvalue weighted by Gasteiger charge is -2.22. The molecule has 0 saturated carbocycles. The van der Waals surface area contributed by atoms with E-state index in [4.69, 9.17) is 0 Å². The van der Waals surface area contributed by atoms with Crippen LogP contribution >= 0.6 is 0 Å². The van der Waals surface area contributed by atoms with Crippen molar-refractivity contribution in [3.05, 3.63) is 64.0 Å². The minimum atomic E-state index is -0.101. The number of aromatic nitrogens is 4. The zero-order valence-corrected chi connectivity index (χ0v) is 16.0. The Labute approximate surface area is 162 Å². The molecule has 0 atom stereocenters. The minimum absolute atomic E-state index is 0.101. The van der Waals surface area contributed by atoms with E-state index >= 15 is 0 Å². The van der Waals surface area contributed by atoms with Gasteiger partial charge in [-0.3, -0.25) is 24.6 Å². The highest BCUT2D eigenvalue weighted by Gasteiger charge is 2.20. The van der Waals surface area contributed by atoms with Crippen molar-refractivity contribution in [3.63, 3.8) is 0 Å². The van der Waals surface area contributed by atoms with Crippen LogP contribution < -0.4 is 5.56 Å². The second-order valence-corrected chi connectivity index (χ2v) is 7.27. The molecule has 4 heterocycles. The molecule has 0 unspecified atom stereocenters. The van der Waals surface area contributed by atoms with E-state index in [-0.39, 0.29) is 11.5 Å². The molecule has 1 aliphatic heterocycles. The third-order valence-corrected chi connectivity index (χ3v) is 5.04. The van der Waals surface area contributed by atoms with E-state index in [2.05, 4.69) is 20.0 Å². The van der Waals surface area contributed by atoms with Gasteiger partial charge in [0.1, 0.15) is 0 Å². The molecule has 3 aromatic rings. The van der Waals surface area contributed by atoms with Gasteiger partial charge in [-0.05, 0) is 25.0 Å². The highest BCUT2D eigenvalue weighted by molar-refractivity contribution is 5.78. The van der Waals surface area contributed by atoms with Gasteiger partial charge in [0.05, 0.1) is 12.1 Å². The number of hydrogen-bond acceptors (Lipinski definition) is 5. The molecule has 1 aliphatic rings. The first-order valence-corrected chi connectivity index (χ1v) is 9.56. The summed E-state index contributed by atoms with van der Waals surface area (Å²) in [5.41, 5.74) is 3.14. The van der Waals surface area contributed by atoms with Crippen molar-refractivity contribution in [2.24, 2.45) is 0 Å². The van der Waals surface area contributed by atoms with E-state index in [1.807, 2.05) is 30.0 Å². The van der Waals surface area contributed by atoms with Crippen molar-refractivity contribution in [2.45, 2.75) is 26.3 Å². The zero-order chi connectivity index (χ0) is 19.5. The molecule has 4 rings (SSSR count). The Kier molecular flexibility index (Phi) is 5.21. The fourth-order valence-electron chi connectivity index (χ4n) is 3.64. The number of pyridine rings is 1. The van der Waals surface area contributed by atoms with Gasteiger partial charge in [0.25, 0.3) is 5.56 Å². The lowest BCUT2D eigenvalue weighted by molar-refractivity contribution is -0.130. The molecule has 1 fully saturated rings. The van der Waals surface area contributed by atoms with E-state index in [1.165, 1.54) is 4.52 Å². The van der Waals surface area contributed by atoms with E-state index in [0.717, 1.165) is 43.0 Å². The van der Waals surface area contributed by atoms with E-state index in [0.29, 0.717) is 25.2 Å². The van der Waals surface area contributed by atoms with Crippen LogP contribution in [0.2, 0.25) is 0 Å². The van der Waals surface area contributed by atoms with Gasteiger partial charge in [-0.15, -0.1) is 0 Å². The van der Waals surface area contributed by atoms with E-state index in [1.54, 1.807) is 18.5 Å². The number of hydrogen-bond donors (Lipinski definition) is 1. The summed E-state index contributed by atoms with van der Waals surface area (Å²) in [7, 11) is 0. The summed E-state index contributed by atoms with van der Waals surface area (Å²) in [6, 6.07) is 7.23. The van der Waals surface area contributed by atoms with Gasteiger partial charge >= 0.3 is 0 Å². The maximum atomic E-state index is 12.6. The SMILES string of the molecule is Cc1cc2nc(CN3CCCN(C(=O)Cc4cccnc4)CC3)cc(=O)n2[nH]1. The van der Waals surface area contributed by atoms with Crippen LogP contribution in [0.3, 0.4) is 0 Å². The Bertz CT molecular complexity index is 1030. The number of aryl methyl sites for hydroxylation is 1. The number of H-pyrrole nitrogens is 1. The van der Waals surface area contributed by atoms with Crippen molar-refractivity contribution in [3.8, 4) is 0 Å². The number of carbonyl (C=O) groups is 1. The molecular weight excluding hydrogens is 356 g/mol. The van der Waals surface area contributed by atoms with Crippen LogP contribution in [0, 0.1) is 6.92 Å². The summed E-state index contributed by atoms with van der Waals surface area (Å²) < 4.78 is 1.46. The van der Waals surface area contributed by atoms with Crippen molar-refractivity contribution in [1.29, 1.82) is 0 Å². The van der Waals surface area contributed by atoms with Crippen LogP contribution in [0.4, 0.5) is 0 Å². The maximum absolute atomic E-state index is 12.6. The van der Waals surface area contributed by atoms with Crippen molar-refractivity contribution < 1.29 is 4.79 Å². The first-order chi connectivity index (χ1) is 13.6. The second kappa shape index (κ2) is 7.93. The van der Waals surface area contributed by atoms with Gasteiger partial charge in [0.15, 0.2) is 5.65 Å². The molecule has 3 aromatic heterocycles. The maximum Gasteiger partial charge on any atom is 0.272 e. The predicted molar refractivity (Wildman–Crippen MR) is 105 cm³/mol. The number of amides is 1. The first-order valence-electron chi connectivity index (χ1n) is 9.56. The van der Waals surface area contributed by atoms with E-state index in [9.17, 15) is 9.59 Å². The molecule has 1 amide bonds. The fourth-order valence-corrected chi connectivity index (χ4v) is 3.64. The highest BCUT2D eigenvalue weighted by Crippen LogP contribution is 2.10. The van der Waals surface area contributed by atoms with Crippen LogP contribution in [0.1, 0.15) is 23.4 Å². The third kappa shape index (κ3) is 4.12. The molecule has 0 aromatic carbocycles. The van der Waals surface area contributed by atoms with Crippen LogP contribution in [0.15, 0.2) is 41.5 Å². The molecule has 8 heteroatoms. The molecule has 0 aliphatic carbocycles. The Morgan fingerprint density at radius 3 is 2.93 bits per heavy atom. The smallest absolute Gasteiger partial charge is 0.272 e. The number of aromatic amines is 1. The zero-order valence-electron chi connectivity index (χ0n) is 16.0. The number of carbonyl (C=O) groups excluding carboxylic acids is 1. The number of nitrogens with one attached hydrogen (secondary N) is 1. The molecule has 8 nitrogen and oxygen atoms in total. The molecule has 28 heavy (non-hydrogen) atoms. The molecule has 1 N–H and O–H groups in total. The summed E-state index contributed by atoms with van der Waals surface area (Å²) in [4.78, 5) is 37.7. The predicted octanol–water partition coefficient (Wildman–Crippen LogP) is 1.00. The Morgan fingerprint density at radius 2 is 2.11 bits per heavy atom. The standard InChI is InChI=1S/C20H24N6O2/c1-15-10-18-22-17(12-20(28)26(18)23-15)14-24-6-3-7-25(9-8-24)19(27)11-16-4-2-5-21-13-16/h2,4-5,10,12-13,23H,3,6-9,11,14H2,1H3. The Balaban J connectivity index is 1.39. The van der Waals surface area contributed by atoms with Crippen molar-refractivity contribution >= 4 is 11.6 Å². The molecule has 1 saturated heterocycles. The first kappa shape index (κ1) is 18.4. The monoisotopic (exact) mass is 380 g/mol. The van der Waals surface area contributed by atoms with Crippen LogP contribution in [-0.2, 0) is 17.8 Å². The van der Waals surface area contributed by atoms with Crippen LogP contribution in [0.5, 0.6) is 0 Å². The molecule has 0 spiro atoms. The lowest BCUT2D eigenvalue weighted by Crippen LogP contribution is -2.36. The summed E-state index contributed by atoms with van der Waals surface area (Å²) >= 11 is 0. The van der Waals surface area contributed by atoms with Gasteiger partial charge in [0.2, 0.25) is 5.91 Å². The molecule has 0 bridgehead atoms. The highest BCUT2D eigenvalue weighted by atomic mass is 16.2. The van der Waals surface area contributed by atoms with Gasteiger partial charge in [-0.2, -0.15) is 0 Å². The van der Waals surface area contributed by atoms with Crippen LogP contribution in [-0.4, -0.2) is 61.5 Å². The Hall–Kier alpha value is -3.00. The number of nitrogens with zero attached hydrogens (tertiary/aromatic N) is 5. The van der Waals surface area contributed by atoms with Crippen LogP contribution in [0.25, 0.3) is 5.65 Å². The molecule has 0 radical (unpaired) electrons. The van der Waals surface area contributed by atoms with Gasteiger partial charge < -0.3 is 4.90 Å². The Morgan fingerprint density at radius 1 is 1.21 bits per heavy atom. The average Bonchev–Trinajstić information content (AvgIpc) is 2.90. The number of fused-ring (bicyclic) bond motifs is 1. The van der Waals surface area contributed by atoms with Gasteiger partial charge in [-0.1, -0.05) is 6.07 Å². The van der Waals surface area contributed by atoms with E-state index < -0.39 is 0 Å². The summed E-state index contributed by atoms with van der Waals surface area (Å²) in [5, 5.41) is 2.99. The lowest BCUT2D eigenvalue weighted by atomic mass is 10.2. The van der Waals surface area contributed by atoms with Gasteiger partial charge in [-0.25, -0.2) is 9.50 Å². The second-order valence-electron chi connectivity index (χ2n) is 7.27. The minimum Gasteiger partial charge on any atom is -0.341 e.